The summed E-state index contributed by atoms with van der Waals surface area (Å²) in [4.78, 5) is 6.12. The molecule has 0 spiro atoms. The molecule has 1 heterocycles. The summed E-state index contributed by atoms with van der Waals surface area (Å²) in [6, 6.07) is 8.19. The van der Waals surface area contributed by atoms with Gasteiger partial charge in [-0.1, -0.05) is 11.6 Å². The number of benzene rings is 1. The Bertz CT molecular complexity index is 791. The molecule has 0 aliphatic rings. The molecule has 0 aliphatic heterocycles. The lowest BCUT2D eigenvalue weighted by Crippen LogP contribution is -2.38. The number of guanidine groups is 1. The fourth-order valence-corrected chi connectivity index (χ4v) is 2.65. The zero-order chi connectivity index (χ0) is 17.7. The molecule has 1 aromatic carbocycles. The van der Waals surface area contributed by atoms with Crippen LogP contribution >= 0.6 is 11.6 Å². The fourth-order valence-electron chi connectivity index (χ4n) is 2.38. The molecule has 1 N–H and O–H groups in total. The molecule has 126 valence electrons. The minimum Gasteiger partial charge on any atom is -0.352 e. The van der Waals surface area contributed by atoms with E-state index < -0.39 is 0 Å². The second kappa shape index (κ2) is 7.84. The number of aliphatic imine (C=N–C) groups is 1. The average Bonchev–Trinajstić information content (AvgIpc) is 2.87. The predicted octanol–water partition coefficient (Wildman–Crippen LogP) is 2.90. The molecule has 0 atom stereocenters. The van der Waals surface area contributed by atoms with Crippen molar-refractivity contribution < 1.29 is 4.39 Å². The summed E-state index contributed by atoms with van der Waals surface area (Å²) in [6.45, 7) is 0.843. The average molecular weight is 348 g/mol. The van der Waals surface area contributed by atoms with E-state index in [1.54, 1.807) is 7.05 Å². The topological polar surface area (TPSA) is 56.4 Å². The lowest BCUT2D eigenvalue weighted by Gasteiger charge is -2.22. The summed E-state index contributed by atoms with van der Waals surface area (Å²) in [5.41, 5.74) is 1.88. The Kier molecular flexibility index (Phi) is 5.83. The van der Waals surface area contributed by atoms with Crippen LogP contribution in [0, 0.1) is 17.1 Å². The number of hydrogen-bond donors (Lipinski definition) is 1. The van der Waals surface area contributed by atoms with E-state index in [0.717, 1.165) is 5.69 Å². The van der Waals surface area contributed by atoms with Gasteiger partial charge in [0.2, 0.25) is 0 Å². The standard InChI is InChI=1S/C17H19ClFN5/c1-21-17(24(3)11-15-7-14(18)10-23(15)2)22-9-13-6-12(8-20)4-5-16(13)19/h4-7,10H,9,11H2,1-3H3,(H,21,22). The third-order valence-electron chi connectivity index (χ3n) is 3.66. The van der Waals surface area contributed by atoms with Gasteiger partial charge >= 0.3 is 0 Å². The van der Waals surface area contributed by atoms with E-state index >= 15 is 0 Å². The highest BCUT2D eigenvalue weighted by atomic mass is 35.5. The van der Waals surface area contributed by atoms with E-state index in [0.29, 0.717) is 28.7 Å². The molecule has 2 rings (SSSR count). The van der Waals surface area contributed by atoms with Gasteiger partial charge in [-0.3, -0.25) is 4.99 Å². The first-order valence-electron chi connectivity index (χ1n) is 7.35. The van der Waals surface area contributed by atoms with Crippen LogP contribution in [-0.4, -0.2) is 29.5 Å². The van der Waals surface area contributed by atoms with Crippen molar-refractivity contribution in [3.63, 3.8) is 0 Å². The summed E-state index contributed by atoms with van der Waals surface area (Å²) >= 11 is 6.00. The van der Waals surface area contributed by atoms with Gasteiger partial charge in [0.05, 0.1) is 23.2 Å². The van der Waals surface area contributed by atoms with Crippen molar-refractivity contribution in [3.05, 3.63) is 58.1 Å². The highest BCUT2D eigenvalue weighted by molar-refractivity contribution is 6.30. The molecule has 0 bridgehead atoms. The first-order chi connectivity index (χ1) is 11.4. The molecule has 1 aromatic heterocycles. The van der Waals surface area contributed by atoms with Gasteiger partial charge in [-0.25, -0.2) is 4.39 Å². The van der Waals surface area contributed by atoms with Crippen molar-refractivity contribution >= 4 is 17.6 Å². The number of halogens is 2. The second-order valence-electron chi connectivity index (χ2n) is 5.44. The highest BCUT2D eigenvalue weighted by Gasteiger charge is 2.11. The third-order valence-corrected chi connectivity index (χ3v) is 3.87. The Morgan fingerprint density at radius 1 is 1.46 bits per heavy atom. The largest absolute Gasteiger partial charge is 0.352 e. The van der Waals surface area contributed by atoms with Crippen LogP contribution in [0.2, 0.25) is 5.02 Å². The van der Waals surface area contributed by atoms with Crippen molar-refractivity contribution in [3.8, 4) is 6.07 Å². The van der Waals surface area contributed by atoms with Gasteiger partial charge in [0, 0.05) is 45.1 Å². The van der Waals surface area contributed by atoms with Crippen LogP contribution in [0.1, 0.15) is 16.8 Å². The maximum absolute atomic E-state index is 13.8. The number of nitrogens with one attached hydrogen (secondary N) is 1. The van der Waals surface area contributed by atoms with Crippen LogP contribution in [0.4, 0.5) is 4.39 Å². The Hall–Kier alpha value is -2.52. The molecule has 5 nitrogen and oxygen atoms in total. The quantitative estimate of drug-likeness (QED) is 0.683. The maximum atomic E-state index is 13.8. The lowest BCUT2D eigenvalue weighted by atomic mass is 10.1. The van der Waals surface area contributed by atoms with Crippen molar-refractivity contribution in [2.24, 2.45) is 12.0 Å². The summed E-state index contributed by atoms with van der Waals surface area (Å²) < 4.78 is 15.8. The number of nitrogens with zero attached hydrogens (tertiary/aromatic N) is 4. The van der Waals surface area contributed by atoms with Gasteiger partial charge in [0.1, 0.15) is 5.82 Å². The molecular formula is C17H19ClFN5. The van der Waals surface area contributed by atoms with Gasteiger partial charge in [-0.2, -0.15) is 5.26 Å². The van der Waals surface area contributed by atoms with Crippen LogP contribution in [0.5, 0.6) is 0 Å². The molecule has 0 aliphatic carbocycles. The first kappa shape index (κ1) is 17.8. The third kappa shape index (κ3) is 4.27. The molecule has 2 aromatic rings. The molecule has 24 heavy (non-hydrogen) atoms. The second-order valence-corrected chi connectivity index (χ2v) is 5.87. The number of aromatic nitrogens is 1. The van der Waals surface area contributed by atoms with Gasteiger partial charge < -0.3 is 14.8 Å². The Morgan fingerprint density at radius 2 is 2.21 bits per heavy atom. The summed E-state index contributed by atoms with van der Waals surface area (Å²) in [5.74, 6) is 0.267. The summed E-state index contributed by atoms with van der Waals surface area (Å²) in [5, 5.41) is 12.7. The Balaban J connectivity index is 2.04. The SMILES string of the molecule is CN=C(NCc1cc(C#N)ccc1F)N(C)Cc1cc(Cl)cn1C. The fraction of sp³-hybridized carbons (Fsp3) is 0.294. The molecule has 0 unspecified atom stereocenters. The van der Waals surface area contributed by atoms with Crippen LogP contribution in [0.15, 0.2) is 35.5 Å². The van der Waals surface area contributed by atoms with Gasteiger partial charge in [0.25, 0.3) is 0 Å². The molecule has 0 amide bonds. The van der Waals surface area contributed by atoms with Crippen molar-refractivity contribution in [1.29, 1.82) is 5.26 Å². The van der Waals surface area contributed by atoms with E-state index in [1.165, 1.54) is 18.2 Å². The van der Waals surface area contributed by atoms with Crippen LogP contribution < -0.4 is 5.32 Å². The molecule has 0 radical (unpaired) electrons. The van der Waals surface area contributed by atoms with Crippen molar-refractivity contribution in [2.45, 2.75) is 13.1 Å². The smallest absolute Gasteiger partial charge is 0.194 e. The monoisotopic (exact) mass is 347 g/mol. The summed E-state index contributed by atoms with van der Waals surface area (Å²) in [7, 11) is 5.48. The van der Waals surface area contributed by atoms with Gasteiger partial charge in [0.15, 0.2) is 5.96 Å². The van der Waals surface area contributed by atoms with Crippen LogP contribution in [0.25, 0.3) is 0 Å². The van der Waals surface area contributed by atoms with Gasteiger partial charge in [-0.15, -0.1) is 0 Å². The number of nitriles is 1. The van der Waals surface area contributed by atoms with E-state index in [1.807, 2.05) is 41.9 Å². The first-order valence-corrected chi connectivity index (χ1v) is 7.73. The molecule has 0 saturated heterocycles. The van der Waals surface area contributed by atoms with E-state index in [2.05, 4.69) is 10.3 Å². The van der Waals surface area contributed by atoms with Crippen LogP contribution in [0.3, 0.4) is 0 Å². The molecule has 0 saturated carbocycles. The van der Waals surface area contributed by atoms with Crippen LogP contribution in [-0.2, 0) is 20.1 Å². The Morgan fingerprint density at radius 3 is 2.79 bits per heavy atom. The van der Waals surface area contributed by atoms with Crippen molar-refractivity contribution in [2.75, 3.05) is 14.1 Å². The molecule has 7 heteroatoms. The number of hydrogen-bond acceptors (Lipinski definition) is 2. The van der Waals surface area contributed by atoms with E-state index in [9.17, 15) is 4.39 Å². The Labute approximate surface area is 146 Å². The normalized spacial score (nSPS) is 11.2. The molecule has 0 fully saturated rings. The zero-order valence-electron chi connectivity index (χ0n) is 13.8. The predicted molar refractivity (Wildman–Crippen MR) is 93.2 cm³/mol. The van der Waals surface area contributed by atoms with Gasteiger partial charge in [-0.05, 0) is 24.3 Å². The summed E-state index contributed by atoms with van der Waals surface area (Å²) in [6.07, 6.45) is 1.84. The van der Waals surface area contributed by atoms with E-state index in [4.69, 9.17) is 16.9 Å². The van der Waals surface area contributed by atoms with Crippen molar-refractivity contribution in [1.82, 2.24) is 14.8 Å². The minimum atomic E-state index is -0.353. The highest BCUT2D eigenvalue weighted by Crippen LogP contribution is 2.14. The molecular weight excluding hydrogens is 329 g/mol. The minimum absolute atomic E-state index is 0.242. The van der Waals surface area contributed by atoms with E-state index in [-0.39, 0.29) is 12.4 Å². The maximum Gasteiger partial charge on any atom is 0.194 e. The number of aryl methyl sites for hydroxylation is 1. The lowest BCUT2D eigenvalue weighted by molar-refractivity contribution is 0.460. The zero-order valence-corrected chi connectivity index (χ0v) is 14.6. The number of rotatable bonds is 4.